The highest BCUT2D eigenvalue weighted by molar-refractivity contribution is 7.80. The Hall–Kier alpha value is -2.86. The number of para-hydroxylation sites is 2. The molecule has 0 fully saturated rings. The lowest BCUT2D eigenvalue weighted by molar-refractivity contribution is 1.05. The van der Waals surface area contributed by atoms with Crippen LogP contribution in [0, 0.1) is 6.92 Å². The highest BCUT2D eigenvalue weighted by Gasteiger charge is 1.98. The summed E-state index contributed by atoms with van der Waals surface area (Å²) in [6.07, 6.45) is 3.26. The van der Waals surface area contributed by atoms with E-state index in [4.69, 9.17) is 12.2 Å². The number of hydrazone groups is 1. The lowest BCUT2D eigenvalue weighted by Gasteiger charge is -2.06. The Kier molecular flexibility index (Phi) is 4.54. The van der Waals surface area contributed by atoms with Crippen molar-refractivity contribution in [2.45, 2.75) is 6.92 Å². The van der Waals surface area contributed by atoms with Gasteiger partial charge in [0.2, 0.25) is 0 Å². The average Bonchev–Trinajstić information content (AvgIpc) is 2.57. The second kappa shape index (κ2) is 6.93. The Balaban J connectivity index is 1.60. The molecule has 6 heteroatoms. The number of thiocarbonyl (C=S) groups is 1. The van der Waals surface area contributed by atoms with Crippen LogP contribution in [-0.2, 0) is 0 Å². The summed E-state index contributed by atoms with van der Waals surface area (Å²) in [5, 5.41) is 7.55. The predicted molar refractivity (Wildman–Crippen MR) is 97.7 cm³/mol. The topological polar surface area (TPSA) is 62.2 Å². The fourth-order valence-electron chi connectivity index (χ4n) is 1.99. The number of rotatable bonds is 3. The molecule has 0 aliphatic heterocycles. The molecule has 3 rings (SSSR count). The molecule has 23 heavy (non-hydrogen) atoms. The summed E-state index contributed by atoms with van der Waals surface area (Å²) >= 11 is 5.19. The molecule has 2 N–H and O–H groups in total. The van der Waals surface area contributed by atoms with Crippen molar-refractivity contribution in [3.8, 4) is 0 Å². The quantitative estimate of drug-likeness (QED) is 0.440. The first kappa shape index (κ1) is 15.1. The van der Waals surface area contributed by atoms with E-state index in [9.17, 15) is 0 Å². The standard InChI is InChI=1S/C17H15N5S/c1-12-6-8-13(9-7-12)21-17(23)22-19-11-14-10-18-15-4-2-3-5-16(15)20-14/h2-11H,1H3,(H2,21,22,23)/b19-11-. The molecule has 0 aliphatic carbocycles. The molecular weight excluding hydrogens is 306 g/mol. The number of aryl methyl sites for hydroxylation is 1. The Morgan fingerprint density at radius 2 is 1.83 bits per heavy atom. The molecular formula is C17H15N5S. The van der Waals surface area contributed by atoms with E-state index in [-0.39, 0.29) is 0 Å². The minimum Gasteiger partial charge on any atom is -0.331 e. The van der Waals surface area contributed by atoms with E-state index in [0.717, 1.165) is 16.7 Å². The molecule has 5 nitrogen and oxygen atoms in total. The highest BCUT2D eigenvalue weighted by atomic mass is 32.1. The van der Waals surface area contributed by atoms with Gasteiger partial charge in [0, 0.05) is 5.69 Å². The smallest absolute Gasteiger partial charge is 0.191 e. The van der Waals surface area contributed by atoms with Gasteiger partial charge >= 0.3 is 0 Å². The van der Waals surface area contributed by atoms with Gasteiger partial charge in [-0.1, -0.05) is 29.8 Å². The van der Waals surface area contributed by atoms with Crippen LogP contribution in [0.3, 0.4) is 0 Å². The van der Waals surface area contributed by atoms with E-state index in [1.807, 2.05) is 55.5 Å². The van der Waals surface area contributed by atoms with Crippen molar-refractivity contribution in [2.75, 3.05) is 5.32 Å². The van der Waals surface area contributed by atoms with E-state index in [1.54, 1.807) is 12.4 Å². The van der Waals surface area contributed by atoms with Crippen LogP contribution in [0.4, 0.5) is 5.69 Å². The third-order valence-electron chi connectivity index (χ3n) is 3.14. The van der Waals surface area contributed by atoms with Crippen molar-refractivity contribution in [2.24, 2.45) is 5.10 Å². The molecule has 0 aliphatic rings. The molecule has 1 heterocycles. The maximum atomic E-state index is 5.19. The number of anilines is 1. The van der Waals surface area contributed by atoms with Gasteiger partial charge in [-0.15, -0.1) is 0 Å². The van der Waals surface area contributed by atoms with Crippen LogP contribution in [0.15, 0.2) is 59.8 Å². The molecule has 0 amide bonds. The van der Waals surface area contributed by atoms with Crippen LogP contribution < -0.4 is 10.7 Å². The Bertz CT molecular complexity index is 858. The lowest BCUT2D eigenvalue weighted by atomic mass is 10.2. The van der Waals surface area contributed by atoms with Crippen molar-refractivity contribution < 1.29 is 0 Å². The molecule has 0 saturated heterocycles. The zero-order valence-corrected chi connectivity index (χ0v) is 13.3. The maximum absolute atomic E-state index is 5.19. The van der Waals surface area contributed by atoms with E-state index in [0.29, 0.717) is 10.8 Å². The fourth-order valence-corrected chi connectivity index (χ4v) is 2.16. The van der Waals surface area contributed by atoms with Crippen LogP contribution in [0.1, 0.15) is 11.3 Å². The van der Waals surface area contributed by atoms with E-state index in [2.05, 4.69) is 25.8 Å². The largest absolute Gasteiger partial charge is 0.331 e. The predicted octanol–water partition coefficient (Wildman–Crippen LogP) is 3.26. The number of hydrogen-bond acceptors (Lipinski definition) is 4. The molecule has 2 aromatic carbocycles. The summed E-state index contributed by atoms with van der Waals surface area (Å²) in [4.78, 5) is 8.78. The zero-order valence-electron chi connectivity index (χ0n) is 12.5. The minimum atomic E-state index is 0.416. The molecule has 0 radical (unpaired) electrons. The molecule has 0 atom stereocenters. The first-order valence-electron chi connectivity index (χ1n) is 7.09. The van der Waals surface area contributed by atoms with Crippen LogP contribution in [0.25, 0.3) is 11.0 Å². The molecule has 3 aromatic rings. The summed E-state index contributed by atoms with van der Waals surface area (Å²) in [6, 6.07) is 15.6. The normalized spacial score (nSPS) is 10.8. The Labute approximate surface area is 139 Å². The number of hydrogen-bond donors (Lipinski definition) is 2. The second-order valence-electron chi connectivity index (χ2n) is 4.97. The van der Waals surface area contributed by atoms with Gasteiger partial charge in [-0.05, 0) is 43.4 Å². The number of aromatic nitrogens is 2. The second-order valence-corrected chi connectivity index (χ2v) is 5.38. The van der Waals surface area contributed by atoms with Crippen molar-refractivity contribution in [3.63, 3.8) is 0 Å². The maximum Gasteiger partial charge on any atom is 0.191 e. The number of nitrogens with one attached hydrogen (secondary N) is 2. The molecule has 114 valence electrons. The molecule has 0 bridgehead atoms. The van der Waals surface area contributed by atoms with Crippen LogP contribution in [-0.4, -0.2) is 21.3 Å². The fraction of sp³-hybridized carbons (Fsp3) is 0.0588. The number of benzene rings is 2. The van der Waals surface area contributed by atoms with Crippen molar-refractivity contribution in [1.29, 1.82) is 0 Å². The Morgan fingerprint density at radius 3 is 2.61 bits per heavy atom. The van der Waals surface area contributed by atoms with E-state index in [1.165, 1.54) is 5.56 Å². The van der Waals surface area contributed by atoms with Gasteiger partial charge in [0.15, 0.2) is 5.11 Å². The van der Waals surface area contributed by atoms with Gasteiger partial charge in [0.25, 0.3) is 0 Å². The van der Waals surface area contributed by atoms with Gasteiger partial charge in [-0.2, -0.15) is 5.10 Å². The molecule has 1 aromatic heterocycles. The van der Waals surface area contributed by atoms with Gasteiger partial charge in [0.05, 0.1) is 23.4 Å². The number of fused-ring (bicyclic) bond motifs is 1. The lowest BCUT2D eigenvalue weighted by Crippen LogP contribution is -2.23. The number of nitrogens with zero attached hydrogens (tertiary/aromatic N) is 3. The summed E-state index contributed by atoms with van der Waals surface area (Å²) in [5.41, 5.74) is 7.22. The minimum absolute atomic E-state index is 0.416. The van der Waals surface area contributed by atoms with Gasteiger partial charge in [-0.3, -0.25) is 10.4 Å². The summed E-state index contributed by atoms with van der Waals surface area (Å²) in [6.45, 7) is 2.04. The molecule has 0 saturated carbocycles. The molecule has 0 unspecified atom stereocenters. The SMILES string of the molecule is Cc1ccc(NC(=S)N/N=C\c2cnc3ccccc3n2)cc1. The summed E-state index contributed by atoms with van der Waals surface area (Å²) < 4.78 is 0. The zero-order chi connectivity index (χ0) is 16.1. The van der Waals surface area contributed by atoms with Gasteiger partial charge < -0.3 is 5.32 Å². The highest BCUT2D eigenvalue weighted by Crippen LogP contribution is 2.08. The Morgan fingerprint density at radius 1 is 1.09 bits per heavy atom. The van der Waals surface area contributed by atoms with Crippen molar-refractivity contribution in [1.82, 2.24) is 15.4 Å². The monoisotopic (exact) mass is 321 g/mol. The summed E-state index contributed by atoms with van der Waals surface area (Å²) in [7, 11) is 0. The first-order valence-corrected chi connectivity index (χ1v) is 7.50. The van der Waals surface area contributed by atoms with Gasteiger partial charge in [0.1, 0.15) is 5.69 Å². The average molecular weight is 321 g/mol. The first-order chi connectivity index (χ1) is 11.2. The van der Waals surface area contributed by atoms with Crippen LogP contribution >= 0.6 is 12.2 Å². The third kappa shape index (κ3) is 4.08. The molecule has 0 spiro atoms. The third-order valence-corrected chi connectivity index (χ3v) is 3.33. The van der Waals surface area contributed by atoms with Gasteiger partial charge in [-0.25, -0.2) is 4.98 Å². The van der Waals surface area contributed by atoms with E-state index < -0.39 is 0 Å². The van der Waals surface area contributed by atoms with E-state index >= 15 is 0 Å². The van der Waals surface area contributed by atoms with Crippen LogP contribution in [0.5, 0.6) is 0 Å². The van der Waals surface area contributed by atoms with Crippen molar-refractivity contribution in [3.05, 3.63) is 66.0 Å². The summed E-state index contributed by atoms with van der Waals surface area (Å²) in [5.74, 6) is 0. The van der Waals surface area contributed by atoms with Crippen LogP contribution in [0.2, 0.25) is 0 Å². The van der Waals surface area contributed by atoms with Crippen molar-refractivity contribution >= 4 is 40.3 Å².